The monoisotopic (exact) mass is 723 g/mol. The molecule has 0 aliphatic heterocycles. The topological polar surface area (TPSA) is 38.7 Å². The second-order valence-corrected chi connectivity index (χ2v) is 9.46. The molecular formula is C28H3F18N3. The molecule has 0 radical (unpaired) electrons. The molecule has 0 amide bonds. The molecule has 0 saturated heterocycles. The van der Waals surface area contributed by atoms with Gasteiger partial charge in [-0.3, -0.25) is 0 Å². The number of aromatic nitrogens is 3. The fraction of sp³-hybridized carbons (Fsp3) is 0.0357. The van der Waals surface area contributed by atoms with E-state index >= 15 is 17.6 Å². The summed E-state index contributed by atoms with van der Waals surface area (Å²) in [4.78, 5) is 8.72. The normalized spacial score (nSPS) is 11.6. The molecule has 0 aliphatic carbocycles. The maximum Gasteiger partial charge on any atom is 0.200 e. The van der Waals surface area contributed by atoms with E-state index in [1.54, 1.807) is 0 Å². The first-order valence-corrected chi connectivity index (χ1v) is 12.2. The van der Waals surface area contributed by atoms with Crippen molar-refractivity contribution in [1.29, 1.82) is 0 Å². The van der Waals surface area contributed by atoms with E-state index in [1.807, 2.05) is 0 Å². The quantitative estimate of drug-likeness (QED) is 0.105. The Morgan fingerprint density at radius 2 is 0.408 bits per heavy atom. The van der Waals surface area contributed by atoms with Gasteiger partial charge in [0.1, 0.15) is 0 Å². The van der Waals surface area contributed by atoms with Crippen LogP contribution < -0.4 is 0 Å². The van der Waals surface area contributed by atoms with E-state index in [0.717, 1.165) is 0 Å². The number of hydrogen-bond donors (Lipinski definition) is 0. The van der Waals surface area contributed by atoms with Gasteiger partial charge in [-0.1, -0.05) is 0 Å². The van der Waals surface area contributed by atoms with Gasteiger partial charge in [0, 0.05) is 5.56 Å². The van der Waals surface area contributed by atoms with Crippen molar-refractivity contribution in [1.82, 2.24) is 15.0 Å². The van der Waals surface area contributed by atoms with Gasteiger partial charge in [0.25, 0.3) is 0 Å². The number of hydrogen-bond acceptors (Lipinski definition) is 3. The predicted octanol–water partition coefficient (Wildman–Crippen LogP) is 9.35. The van der Waals surface area contributed by atoms with Crippen molar-refractivity contribution in [2.45, 2.75) is 6.92 Å². The lowest BCUT2D eigenvalue weighted by Gasteiger charge is -2.16. The lowest BCUT2D eigenvalue weighted by molar-refractivity contribution is 0.380. The van der Waals surface area contributed by atoms with Crippen molar-refractivity contribution in [3.05, 3.63) is 110 Å². The van der Waals surface area contributed by atoms with Gasteiger partial charge in [-0.25, -0.2) is 94.0 Å². The average molecular weight is 723 g/mol. The van der Waals surface area contributed by atoms with E-state index in [0.29, 0.717) is 6.92 Å². The average Bonchev–Trinajstić information content (AvgIpc) is 3.07. The smallest absolute Gasteiger partial charge is 0.200 e. The molecule has 4 aromatic carbocycles. The van der Waals surface area contributed by atoms with Gasteiger partial charge in [0.15, 0.2) is 111 Å². The van der Waals surface area contributed by atoms with Crippen LogP contribution in [0, 0.1) is 112 Å². The molecule has 0 unspecified atom stereocenters. The van der Waals surface area contributed by atoms with Crippen molar-refractivity contribution in [3.8, 4) is 45.3 Å². The summed E-state index contributed by atoms with van der Waals surface area (Å²) in [6.45, 7) is 0.373. The molecule has 5 rings (SSSR count). The molecule has 1 heterocycles. The van der Waals surface area contributed by atoms with Crippen molar-refractivity contribution >= 4 is 0 Å². The van der Waals surface area contributed by atoms with Crippen LogP contribution in [0.2, 0.25) is 0 Å². The third-order valence-corrected chi connectivity index (χ3v) is 6.74. The maximum atomic E-state index is 15.5. The van der Waals surface area contributed by atoms with Crippen LogP contribution in [0.3, 0.4) is 0 Å². The van der Waals surface area contributed by atoms with Crippen molar-refractivity contribution in [2.24, 2.45) is 0 Å². The first kappa shape index (κ1) is 35.0. The molecule has 0 aliphatic rings. The summed E-state index contributed by atoms with van der Waals surface area (Å²) in [6.07, 6.45) is 0. The third kappa shape index (κ3) is 5.00. The summed E-state index contributed by atoms with van der Waals surface area (Å²) in [5.41, 5.74) is -12.7. The minimum atomic E-state index is -2.86. The van der Waals surface area contributed by atoms with Gasteiger partial charge in [0.2, 0.25) is 11.6 Å². The molecule has 3 nitrogen and oxygen atoms in total. The highest BCUT2D eigenvalue weighted by Crippen LogP contribution is 2.41. The molecule has 1 aromatic heterocycles. The van der Waals surface area contributed by atoms with Gasteiger partial charge in [-0.05, 0) is 12.5 Å². The Kier molecular flexibility index (Phi) is 8.52. The Labute approximate surface area is 257 Å². The molecule has 0 spiro atoms. The molecule has 0 bridgehead atoms. The highest BCUT2D eigenvalue weighted by atomic mass is 19.2. The van der Waals surface area contributed by atoms with Crippen molar-refractivity contribution < 1.29 is 79.0 Å². The zero-order valence-corrected chi connectivity index (χ0v) is 22.6. The van der Waals surface area contributed by atoms with Gasteiger partial charge < -0.3 is 0 Å². The first-order chi connectivity index (χ1) is 22.8. The second-order valence-electron chi connectivity index (χ2n) is 9.46. The van der Waals surface area contributed by atoms with Crippen molar-refractivity contribution in [2.75, 3.05) is 0 Å². The van der Waals surface area contributed by atoms with Crippen LogP contribution in [0.25, 0.3) is 45.3 Å². The van der Waals surface area contributed by atoms with Crippen LogP contribution in [0.1, 0.15) is 5.56 Å². The summed E-state index contributed by atoms with van der Waals surface area (Å²) in [7, 11) is 0. The first-order valence-electron chi connectivity index (χ1n) is 12.2. The minimum absolute atomic E-state index is 0.373. The standard InChI is InChI=1S/C28H3F18N3/c1-2-3(9(30)19(40)18(39)8(2)29)4-10(31)12(33)5(13(34)11(4)32)26-47-27(6-14(35)20(41)24(45)21(42)15(6)36)49-28(48-26)7-16(37)22(43)25(46)23(44)17(7)38/h1H3. The largest absolute Gasteiger partial charge is 0.208 e. The van der Waals surface area contributed by atoms with Crippen LogP contribution in [0.4, 0.5) is 79.0 Å². The fourth-order valence-corrected chi connectivity index (χ4v) is 4.40. The number of rotatable bonds is 4. The van der Waals surface area contributed by atoms with Crippen molar-refractivity contribution in [3.63, 3.8) is 0 Å². The SMILES string of the molecule is Cc1c(F)c(F)c(F)c(F)c1-c1c(F)c(F)c(-c2nc(-c3c(F)c(F)c(F)c(F)c3F)nc(-c3c(F)c(F)c(F)c(F)c3F)n2)c(F)c1F. The Balaban J connectivity index is 1.94. The Bertz CT molecular complexity index is 2080. The zero-order chi connectivity index (χ0) is 36.7. The van der Waals surface area contributed by atoms with E-state index in [-0.39, 0.29) is 0 Å². The van der Waals surface area contributed by atoms with Gasteiger partial charge >= 0.3 is 0 Å². The highest BCUT2D eigenvalue weighted by molar-refractivity contribution is 5.75. The minimum Gasteiger partial charge on any atom is -0.208 e. The Hall–Kier alpha value is -5.37. The van der Waals surface area contributed by atoms with Crippen LogP contribution in [-0.4, -0.2) is 15.0 Å². The van der Waals surface area contributed by atoms with E-state index in [2.05, 4.69) is 15.0 Å². The van der Waals surface area contributed by atoms with E-state index < -0.39 is 156 Å². The van der Waals surface area contributed by atoms with E-state index in [9.17, 15) is 61.5 Å². The molecule has 21 heteroatoms. The molecule has 0 fully saturated rings. The summed E-state index contributed by atoms with van der Waals surface area (Å²) >= 11 is 0. The molecule has 0 saturated carbocycles. The van der Waals surface area contributed by atoms with Crippen LogP contribution in [0.15, 0.2) is 0 Å². The zero-order valence-electron chi connectivity index (χ0n) is 22.6. The Morgan fingerprint density at radius 1 is 0.224 bits per heavy atom. The maximum absolute atomic E-state index is 15.5. The van der Waals surface area contributed by atoms with E-state index in [4.69, 9.17) is 0 Å². The number of benzene rings is 4. The summed E-state index contributed by atoms with van der Waals surface area (Å²) in [6, 6.07) is 0. The summed E-state index contributed by atoms with van der Waals surface area (Å²) in [5, 5.41) is 0. The molecule has 0 atom stereocenters. The molecule has 49 heavy (non-hydrogen) atoms. The van der Waals surface area contributed by atoms with Gasteiger partial charge in [0.05, 0.1) is 22.3 Å². The van der Waals surface area contributed by atoms with Crippen LogP contribution >= 0.6 is 0 Å². The number of nitrogens with zero attached hydrogens (tertiary/aromatic N) is 3. The highest BCUT2D eigenvalue weighted by Gasteiger charge is 2.36. The van der Waals surface area contributed by atoms with Gasteiger partial charge in [-0.15, -0.1) is 0 Å². The Morgan fingerprint density at radius 3 is 0.694 bits per heavy atom. The van der Waals surface area contributed by atoms with Crippen LogP contribution in [-0.2, 0) is 0 Å². The fourth-order valence-electron chi connectivity index (χ4n) is 4.40. The summed E-state index contributed by atoms with van der Waals surface area (Å²) < 4.78 is 260. The van der Waals surface area contributed by atoms with E-state index in [1.165, 1.54) is 0 Å². The second kappa shape index (κ2) is 11.9. The lowest BCUT2D eigenvalue weighted by atomic mass is 9.95. The lowest BCUT2D eigenvalue weighted by Crippen LogP contribution is -2.13. The van der Waals surface area contributed by atoms with Gasteiger partial charge in [-0.2, -0.15) is 0 Å². The molecule has 256 valence electrons. The van der Waals surface area contributed by atoms with Crippen LogP contribution in [0.5, 0.6) is 0 Å². The predicted molar refractivity (Wildman–Crippen MR) is 126 cm³/mol. The molecule has 5 aromatic rings. The summed E-state index contributed by atoms with van der Waals surface area (Å²) in [5.74, 6) is -56.1. The molecular weight excluding hydrogens is 720 g/mol. The molecule has 0 N–H and O–H groups in total. The number of halogens is 18. The third-order valence-electron chi connectivity index (χ3n) is 6.74.